The average molecular weight is 280 g/mol. The van der Waals surface area contributed by atoms with Gasteiger partial charge in [0.15, 0.2) is 0 Å². The number of fused-ring (bicyclic) bond motifs is 1. The summed E-state index contributed by atoms with van der Waals surface area (Å²) in [5.74, 6) is 1.08. The Kier molecular flexibility index (Phi) is 3.31. The Hall–Kier alpha value is -2.82. The van der Waals surface area contributed by atoms with Crippen LogP contribution in [0.15, 0.2) is 42.6 Å². The highest BCUT2D eigenvalue weighted by Gasteiger charge is 2.05. The van der Waals surface area contributed by atoms with Crippen molar-refractivity contribution < 1.29 is 4.74 Å². The largest absolute Gasteiger partial charge is 0.497 e. The molecule has 0 aliphatic heterocycles. The molecule has 0 saturated heterocycles. The van der Waals surface area contributed by atoms with E-state index in [9.17, 15) is 0 Å². The Morgan fingerprint density at radius 2 is 1.95 bits per heavy atom. The molecular formula is C16H16N4O. The van der Waals surface area contributed by atoms with Crippen molar-refractivity contribution in [3.63, 3.8) is 0 Å². The Balaban J connectivity index is 2.00. The van der Waals surface area contributed by atoms with E-state index < -0.39 is 0 Å². The van der Waals surface area contributed by atoms with E-state index in [2.05, 4.69) is 16.0 Å². The topological polar surface area (TPSA) is 87.0 Å². The van der Waals surface area contributed by atoms with Crippen LogP contribution >= 0.6 is 0 Å². The van der Waals surface area contributed by atoms with Gasteiger partial charge in [0, 0.05) is 23.7 Å². The van der Waals surface area contributed by atoms with E-state index in [1.54, 1.807) is 13.3 Å². The molecule has 5 heteroatoms. The van der Waals surface area contributed by atoms with E-state index in [0.717, 1.165) is 33.5 Å². The van der Waals surface area contributed by atoms with Crippen molar-refractivity contribution in [2.45, 2.75) is 6.42 Å². The molecule has 2 aromatic carbocycles. The molecular weight excluding hydrogens is 264 g/mol. The van der Waals surface area contributed by atoms with E-state index in [-0.39, 0.29) is 5.95 Å². The van der Waals surface area contributed by atoms with Gasteiger partial charge in [-0.3, -0.25) is 0 Å². The van der Waals surface area contributed by atoms with Crippen LogP contribution in [0.2, 0.25) is 0 Å². The van der Waals surface area contributed by atoms with Gasteiger partial charge < -0.3 is 16.2 Å². The van der Waals surface area contributed by atoms with Crippen molar-refractivity contribution >= 4 is 22.4 Å². The molecule has 1 heterocycles. The number of nitrogens with two attached hydrogens (primary N) is 2. The first kappa shape index (κ1) is 13.2. The minimum atomic E-state index is 0.283. The molecule has 0 radical (unpaired) electrons. The first-order valence-electron chi connectivity index (χ1n) is 6.59. The lowest BCUT2D eigenvalue weighted by molar-refractivity contribution is 0.415. The number of methoxy groups -OCH3 is 1. The summed E-state index contributed by atoms with van der Waals surface area (Å²) < 4.78 is 5.23. The van der Waals surface area contributed by atoms with Crippen molar-refractivity contribution in [1.82, 2.24) is 9.97 Å². The third-order valence-electron chi connectivity index (χ3n) is 3.37. The molecule has 0 amide bonds. The van der Waals surface area contributed by atoms with Crippen molar-refractivity contribution in [3.05, 3.63) is 53.9 Å². The highest BCUT2D eigenvalue weighted by molar-refractivity contribution is 5.94. The second kappa shape index (κ2) is 5.28. The minimum Gasteiger partial charge on any atom is -0.497 e. The molecule has 0 unspecified atom stereocenters. The lowest BCUT2D eigenvalue weighted by Crippen LogP contribution is -2.00. The maximum Gasteiger partial charge on any atom is 0.220 e. The lowest BCUT2D eigenvalue weighted by atomic mass is 10.0. The van der Waals surface area contributed by atoms with Gasteiger partial charge in [0.1, 0.15) is 5.75 Å². The number of ether oxygens (including phenoxy) is 1. The number of aromatic nitrogens is 2. The fraction of sp³-hybridized carbons (Fsp3) is 0.125. The number of benzene rings is 2. The van der Waals surface area contributed by atoms with E-state index in [1.165, 1.54) is 0 Å². The van der Waals surface area contributed by atoms with Crippen LogP contribution in [0.3, 0.4) is 0 Å². The summed E-state index contributed by atoms with van der Waals surface area (Å²) in [5.41, 5.74) is 14.4. The number of rotatable bonds is 3. The maximum atomic E-state index is 6.15. The van der Waals surface area contributed by atoms with Gasteiger partial charge in [-0.05, 0) is 35.2 Å². The van der Waals surface area contributed by atoms with E-state index >= 15 is 0 Å². The Bertz CT molecular complexity index is 801. The zero-order chi connectivity index (χ0) is 14.8. The molecule has 21 heavy (non-hydrogen) atoms. The van der Waals surface area contributed by atoms with Gasteiger partial charge in [0.05, 0.1) is 12.8 Å². The first-order chi connectivity index (χ1) is 10.2. The number of nitrogen functional groups attached to an aromatic ring is 2. The zero-order valence-electron chi connectivity index (χ0n) is 11.7. The van der Waals surface area contributed by atoms with Crippen LogP contribution in [-0.4, -0.2) is 17.1 Å². The third-order valence-corrected chi connectivity index (χ3v) is 3.37. The van der Waals surface area contributed by atoms with E-state index in [1.807, 2.05) is 30.3 Å². The quantitative estimate of drug-likeness (QED) is 0.719. The molecule has 0 atom stereocenters. The molecule has 3 rings (SSSR count). The molecule has 0 saturated carbocycles. The van der Waals surface area contributed by atoms with E-state index in [0.29, 0.717) is 6.42 Å². The molecule has 0 aliphatic rings. The predicted octanol–water partition coefficient (Wildman–Crippen LogP) is 2.39. The van der Waals surface area contributed by atoms with Crippen LogP contribution in [0.1, 0.15) is 11.3 Å². The Morgan fingerprint density at radius 1 is 1.10 bits per heavy atom. The summed E-state index contributed by atoms with van der Waals surface area (Å²) in [4.78, 5) is 8.11. The van der Waals surface area contributed by atoms with Crippen LogP contribution in [-0.2, 0) is 6.42 Å². The second-order valence-corrected chi connectivity index (χ2v) is 4.86. The fourth-order valence-corrected chi connectivity index (χ4v) is 2.38. The Morgan fingerprint density at radius 3 is 2.71 bits per heavy atom. The Labute approximate surface area is 122 Å². The van der Waals surface area contributed by atoms with Crippen LogP contribution in [0, 0.1) is 0 Å². The fourth-order valence-electron chi connectivity index (χ4n) is 2.38. The van der Waals surface area contributed by atoms with Crippen LogP contribution in [0.25, 0.3) is 10.8 Å². The highest BCUT2D eigenvalue weighted by atomic mass is 16.5. The summed E-state index contributed by atoms with van der Waals surface area (Å²) in [7, 11) is 1.64. The summed E-state index contributed by atoms with van der Waals surface area (Å²) in [6, 6.07) is 11.8. The van der Waals surface area contributed by atoms with Gasteiger partial charge in [-0.25, -0.2) is 9.97 Å². The molecule has 0 fully saturated rings. The SMILES string of the molecule is COc1ccc2cc(Cc3ccnc(N)n3)cc(N)c2c1. The molecule has 3 aromatic rings. The summed E-state index contributed by atoms with van der Waals surface area (Å²) in [6.45, 7) is 0. The average Bonchev–Trinajstić information content (AvgIpc) is 2.47. The normalized spacial score (nSPS) is 10.7. The number of hydrogen-bond donors (Lipinski definition) is 2. The van der Waals surface area contributed by atoms with Crippen LogP contribution in [0.5, 0.6) is 5.75 Å². The van der Waals surface area contributed by atoms with Crippen molar-refractivity contribution in [1.29, 1.82) is 0 Å². The smallest absolute Gasteiger partial charge is 0.220 e. The molecule has 106 valence electrons. The van der Waals surface area contributed by atoms with Crippen molar-refractivity contribution in [3.8, 4) is 5.75 Å². The number of anilines is 2. The minimum absolute atomic E-state index is 0.283. The summed E-state index contributed by atoms with van der Waals surface area (Å²) in [5, 5.41) is 2.06. The van der Waals surface area contributed by atoms with Gasteiger partial charge in [0.2, 0.25) is 5.95 Å². The maximum absolute atomic E-state index is 6.15. The summed E-state index contributed by atoms with van der Waals surface area (Å²) >= 11 is 0. The molecule has 0 aliphatic carbocycles. The zero-order valence-corrected chi connectivity index (χ0v) is 11.7. The van der Waals surface area contributed by atoms with Gasteiger partial charge in [-0.1, -0.05) is 12.1 Å². The third kappa shape index (κ3) is 2.72. The van der Waals surface area contributed by atoms with Crippen LogP contribution < -0.4 is 16.2 Å². The molecule has 1 aromatic heterocycles. The molecule has 0 bridgehead atoms. The van der Waals surface area contributed by atoms with Gasteiger partial charge >= 0.3 is 0 Å². The number of hydrogen-bond acceptors (Lipinski definition) is 5. The van der Waals surface area contributed by atoms with Crippen molar-refractivity contribution in [2.75, 3.05) is 18.6 Å². The predicted molar refractivity (Wildman–Crippen MR) is 84.2 cm³/mol. The molecule has 0 spiro atoms. The lowest BCUT2D eigenvalue weighted by Gasteiger charge is -2.09. The second-order valence-electron chi connectivity index (χ2n) is 4.86. The van der Waals surface area contributed by atoms with E-state index in [4.69, 9.17) is 16.2 Å². The highest BCUT2D eigenvalue weighted by Crippen LogP contribution is 2.28. The standard InChI is InChI=1S/C16H16N4O/c1-21-13-3-2-11-6-10(8-15(17)14(11)9-13)7-12-4-5-19-16(18)20-12/h2-6,8-9H,7,17H2,1H3,(H2,18,19,20). The molecule has 4 N–H and O–H groups in total. The monoisotopic (exact) mass is 280 g/mol. The van der Waals surface area contributed by atoms with Gasteiger partial charge in [0.25, 0.3) is 0 Å². The van der Waals surface area contributed by atoms with Crippen molar-refractivity contribution in [2.24, 2.45) is 0 Å². The molecule has 5 nitrogen and oxygen atoms in total. The summed E-state index contributed by atoms with van der Waals surface area (Å²) in [6.07, 6.45) is 2.33. The first-order valence-corrected chi connectivity index (χ1v) is 6.59. The van der Waals surface area contributed by atoms with Crippen LogP contribution in [0.4, 0.5) is 11.6 Å². The van der Waals surface area contributed by atoms with Gasteiger partial charge in [-0.15, -0.1) is 0 Å². The number of nitrogens with zero attached hydrogens (tertiary/aromatic N) is 2. The van der Waals surface area contributed by atoms with Gasteiger partial charge in [-0.2, -0.15) is 0 Å².